The first-order chi connectivity index (χ1) is 9.28. The molecule has 0 aliphatic carbocycles. The molecule has 1 unspecified atom stereocenters. The van der Waals surface area contributed by atoms with Crippen LogP contribution in [0, 0.1) is 0 Å². The van der Waals surface area contributed by atoms with Gasteiger partial charge in [0.2, 0.25) is 0 Å². The lowest BCUT2D eigenvalue weighted by Gasteiger charge is -2.16. The fourth-order valence-electron chi connectivity index (χ4n) is 1.91. The molecule has 1 aliphatic heterocycles. The lowest BCUT2D eigenvalue weighted by atomic mass is 10.2. The number of hydrogen-bond donors (Lipinski definition) is 1. The summed E-state index contributed by atoms with van der Waals surface area (Å²) in [4.78, 5) is 5.77. The number of aryl methyl sites for hydroxylation is 1. The zero-order chi connectivity index (χ0) is 13.2. The van der Waals surface area contributed by atoms with E-state index in [4.69, 9.17) is 10.3 Å². The van der Waals surface area contributed by atoms with E-state index in [0.717, 1.165) is 34.3 Å². The van der Waals surface area contributed by atoms with Gasteiger partial charge in [-0.3, -0.25) is 0 Å². The molecule has 0 aromatic carbocycles. The number of nitrogen functional groups attached to an aromatic ring is 1. The summed E-state index contributed by atoms with van der Waals surface area (Å²) >= 11 is 5.45. The van der Waals surface area contributed by atoms with E-state index in [1.807, 2.05) is 23.5 Å². The zero-order valence-corrected chi connectivity index (χ0v) is 13.0. The third-order valence-corrected chi connectivity index (χ3v) is 6.80. The van der Waals surface area contributed by atoms with Crippen LogP contribution in [0.15, 0.2) is 10.6 Å². The Hall–Kier alpha value is -0.660. The first-order valence-corrected chi connectivity index (χ1v) is 9.21. The molecule has 1 aliphatic rings. The van der Waals surface area contributed by atoms with E-state index >= 15 is 0 Å². The summed E-state index contributed by atoms with van der Waals surface area (Å²) in [6.45, 7) is 2.12. The Morgan fingerprint density at radius 3 is 3.05 bits per heavy atom. The van der Waals surface area contributed by atoms with Gasteiger partial charge in [-0.2, -0.15) is 16.7 Å². The molecule has 0 saturated carbocycles. The lowest BCUT2D eigenvalue weighted by Crippen LogP contribution is -2.07. The highest BCUT2D eigenvalue weighted by atomic mass is 32.2. The molecule has 0 amide bonds. The highest BCUT2D eigenvalue weighted by molar-refractivity contribution is 8.06. The standard InChI is InChI=1S/C12H15N3OS3/c1-2-7-5-8(10(13)19-7)12-14-11(15-16-12)9-6-17-3-4-18-9/h5,9H,2-4,6,13H2,1H3. The van der Waals surface area contributed by atoms with Crippen molar-refractivity contribution in [3.05, 3.63) is 16.8 Å². The van der Waals surface area contributed by atoms with E-state index in [0.29, 0.717) is 11.1 Å². The summed E-state index contributed by atoms with van der Waals surface area (Å²) in [6, 6.07) is 2.06. The molecule has 1 atom stereocenters. The highest BCUT2D eigenvalue weighted by Gasteiger charge is 2.23. The van der Waals surface area contributed by atoms with Gasteiger partial charge in [0.25, 0.3) is 5.89 Å². The van der Waals surface area contributed by atoms with Crippen LogP contribution >= 0.6 is 34.9 Å². The van der Waals surface area contributed by atoms with E-state index in [9.17, 15) is 0 Å². The molecule has 7 heteroatoms. The van der Waals surface area contributed by atoms with Crippen molar-refractivity contribution in [2.75, 3.05) is 23.0 Å². The summed E-state index contributed by atoms with van der Waals surface area (Å²) in [5.41, 5.74) is 6.90. The van der Waals surface area contributed by atoms with E-state index < -0.39 is 0 Å². The van der Waals surface area contributed by atoms with Crippen LogP contribution in [0.5, 0.6) is 0 Å². The third-order valence-electron chi connectivity index (χ3n) is 2.94. The number of nitrogens with two attached hydrogens (primary N) is 1. The summed E-state index contributed by atoms with van der Waals surface area (Å²) < 4.78 is 5.39. The van der Waals surface area contributed by atoms with E-state index in [1.54, 1.807) is 11.3 Å². The van der Waals surface area contributed by atoms with Crippen LogP contribution in [-0.2, 0) is 6.42 Å². The maximum absolute atomic E-state index is 6.02. The maximum atomic E-state index is 6.02. The van der Waals surface area contributed by atoms with Crippen LogP contribution in [0.3, 0.4) is 0 Å². The van der Waals surface area contributed by atoms with E-state index in [-0.39, 0.29) is 0 Å². The van der Waals surface area contributed by atoms with Gasteiger partial charge in [-0.1, -0.05) is 12.1 Å². The quantitative estimate of drug-likeness (QED) is 0.936. The molecule has 2 aromatic heterocycles. The lowest BCUT2D eigenvalue weighted by molar-refractivity contribution is 0.423. The molecule has 3 rings (SSSR count). The minimum Gasteiger partial charge on any atom is -0.390 e. The largest absolute Gasteiger partial charge is 0.390 e. The molecule has 1 saturated heterocycles. The average Bonchev–Trinajstić information content (AvgIpc) is 3.06. The average molecular weight is 313 g/mol. The molecule has 0 bridgehead atoms. The summed E-state index contributed by atoms with van der Waals surface area (Å²) in [5, 5.41) is 5.23. The second-order valence-electron chi connectivity index (χ2n) is 4.24. The van der Waals surface area contributed by atoms with Crippen molar-refractivity contribution in [3.63, 3.8) is 0 Å². The molecule has 2 aromatic rings. The molecule has 2 N–H and O–H groups in total. The number of hydrogen-bond acceptors (Lipinski definition) is 7. The monoisotopic (exact) mass is 313 g/mol. The van der Waals surface area contributed by atoms with Gasteiger partial charge >= 0.3 is 0 Å². The number of thioether (sulfide) groups is 2. The van der Waals surface area contributed by atoms with Crippen LogP contribution in [-0.4, -0.2) is 27.4 Å². The number of rotatable bonds is 3. The fraction of sp³-hybridized carbons (Fsp3) is 0.500. The second kappa shape index (κ2) is 5.76. The minimum atomic E-state index is 0.349. The summed E-state index contributed by atoms with van der Waals surface area (Å²) in [7, 11) is 0. The van der Waals surface area contributed by atoms with Crippen LogP contribution in [0.1, 0.15) is 22.9 Å². The van der Waals surface area contributed by atoms with Crippen molar-refractivity contribution in [2.45, 2.75) is 18.6 Å². The minimum absolute atomic E-state index is 0.349. The molecule has 19 heavy (non-hydrogen) atoms. The van der Waals surface area contributed by atoms with Gasteiger partial charge in [-0.25, -0.2) is 0 Å². The zero-order valence-electron chi connectivity index (χ0n) is 10.6. The Bertz CT molecular complexity index is 560. The van der Waals surface area contributed by atoms with Crippen molar-refractivity contribution < 1.29 is 4.52 Å². The van der Waals surface area contributed by atoms with E-state index in [2.05, 4.69) is 23.1 Å². The molecule has 102 valence electrons. The Labute approximate surface area is 124 Å². The molecule has 4 nitrogen and oxygen atoms in total. The van der Waals surface area contributed by atoms with Crippen molar-refractivity contribution in [1.29, 1.82) is 0 Å². The Morgan fingerprint density at radius 1 is 1.47 bits per heavy atom. The Balaban J connectivity index is 1.85. The summed E-state index contributed by atoms with van der Waals surface area (Å²) in [5.74, 6) is 4.78. The van der Waals surface area contributed by atoms with Gasteiger partial charge in [0, 0.05) is 22.1 Å². The first-order valence-electron chi connectivity index (χ1n) is 6.19. The molecule has 1 fully saturated rings. The van der Waals surface area contributed by atoms with Gasteiger partial charge < -0.3 is 10.3 Å². The number of thiophene rings is 1. The Morgan fingerprint density at radius 2 is 2.37 bits per heavy atom. The second-order valence-corrected chi connectivity index (χ2v) is 7.87. The van der Waals surface area contributed by atoms with Gasteiger partial charge in [-0.05, 0) is 12.5 Å². The van der Waals surface area contributed by atoms with Gasteiger partial charge in [0.05, 0.1) is 15.8 Å². The van der Waals surface area contributed by atoms with Crippen molar-refractivity contribution >= 4 is 39.9 Å². The predicted octanol–water partition coefficient (Wildman–Crippen LogP) is 3.46. The van der Waals surface area contributed by atoms with Gasteiger partial charge in [0.15, 0.2) is 5.82 Å². The van der Waals surface area contributed by atoms with Crippen LogP contribution < -0.4 is 5.73 Å². The molecule has 3 heterocycles. The van der Waals surface area contributed by atoms with Crippen molar-refractivity contribution in [1.82, 2.24) is 10.1 Å². The fourth-order valence-corrected chi connectivity index (χ4v) is 5.36. The van der Waals surface area contributed by atoms with Crippen LogP contribution in [0.25, 0.3) is 11.5 Å². The number of nitrogens with zero attached hydrogens (tertiary/aromatic N) is 2. The molecule has 0 radical (unpaired) electrons. The molecular formula is C12H15N3OS3. The Kier molecular flexibility index (Phi) is 4.04. The smallest absolute Gasteiger partial charge is 0.260 e. The molecular weight excluding hydrogens is 298 g/mol. The van der Waals surface area contributed by atoms with E-state index in [1.165, 1.54) is 10.6 Å². The van der Waals surface area contributed by atoms with Gasteiger partial charge in [-0.15, -0.1) is 23.1 Å². The third kappa shape index (κ3) is 2.78. The SMILES string of the molecule is CCc1cc(-c2nc(C3CSCCS3)no2)c(N)s1. The first kappa shape index (κ1) is 13.3. The number of aromatic nitrogens is 2. The predicted molar refractivity (Wildman–Crippen MR) is 83.9 cm³/mol. The topological polar surface area (TPSA) is 64.9 Å². The van der Waals surface area contributed by atoms with Crippen LogP contribution in [0.4, 0.5) is 5.00 Å². The maximum Gasteiger partial charge on any atom is 0.260 e. The van der Waals surface area contributed by atoms with Gasteiger partial charge in [0.1, 0.15) is 0 Å². The van der Waals surface area contributed by atoms with Crippen molar-refractivity contribution in [3.8, 4) is 11.5 Å². The normalized spacial score (nSPS) is 19.7. The summed E-state index contributed by atoms with van der Waals surface area (Å²) in [6.07, 6.45) is 0.977. The van der Waals surface area contributed by atoms with Crippen LogP contribution in [0.2, 0.25) is 0 Å². The number of anilines is 1. The highest BCUT2D eigenvalue weighted by Crippen LogP contribution is 2.38. The van der Waals surface area contributed by atoms with Crippen molar-refractivity contribution in [2.24, 2.45) is 0 Å². The molecule has 0 spiro atoms.